The van der Waals surface area contributed by atoms with Crippen molar-refractivity contribution in [2.75, 3.05) is 0 Å². The topological polar surface area (TPSA) is 59.3 Å². The maximum atomic E-state index is 13.0. The normalized spacial score (nSPS) is 10.8. The molecule has 1 N–H and O–H groups in total. The van der Waals surface area contributed by atoms with Crippen molar-refractivity contribution in [2.24, 2.45) is 0 Å². The number of pyridine rings is 2. The maximum absolute atomic E-state index is 13.0. The van der Waals surface area contributed by atoms with Crippen LogP contribution in [0.25, 0.3) is 16.8 Å². The average Bonchev–Trinajstić information content (AvgIpc) is 3.08. The molecule has 0 aliphatic rings. The molecule has 4 aromatic rings. The predicted octanol–water partition coefficient (Wildman–Crippen LogP) is 3.47. The molecule has 0 bridgehead atoms. The minimum Gasteiger partial charge on any atom is -0.345 e. The van der Waals surface area contributed by atoms with E-state index >= 15 is 0 Å². The number of carbonyl (C=O) groups excluding carboxylic acids is 1. The zero-order chi connectivity index (χ0) is 17.9. The third kappa shape index (κ3) is 3.04. The lowest BCUT2D eigenvalue weighted by Crippen LogP contribution is -2.25. The number of imidazole rings is 1. The molecule has 0 unspecified atom stereocenters. The number of rotatable bonds is 4. The van der Waals surface area contributed by atoms with Crippen LogP contribution in [-0.4, -0.2) is 20.3 Å². The molecule has 128 valence electrons. The Morgan fingerprint density at radius 2 is 1.92 bits per heavy atom. The Morgan fingerprint density at radius 1 is 1.08 bits per heavy atom. The van der Waals surface area contributed by atoms with Gasteiger partial charge in [-0.05, 0) is 42.0 Å². The lowest BCUT2D eigenvalue weighted by atomic mass is 10.2. The van der Waals surface area contributed by atoms with E-state index in [1.165, 1.54) is 12.1 Å². The summed E-state index contributed by atoms with van der Waals surface area (Å²) < 4.78 is 14.7. The van der Waals surface area contributed by atoms with Crippen molar-refractivity contribution in [1.29, 1.82) is 0 Å². The van der Waals surface area contributed by atoms with Gasteiger partial charge in [0.25, 0.3) is 5.91 Å². The highest BCUT2D eigenvalue weighted by Gasteiger charge is 2.18. The molecule has 3 aromatic heterocycles. The lowest BCUT2D eigenvalue weighted by Gasteiger charge is -2.04. The number of halogens is 1. The van der Waals surface area contributed by atoms with Crippen molar-refractivity contribution < 1.29 is 9.18 Å². The Bertz CT molecular complexity index is 1060. The zero-order valence-electron chi connectivity index (χ0n) is 13.8. The van der Waals surface area contributed by atoms with E-state index in [0.29, 0.717) is 18.1 Å². The third-order valence-corrected chi connectivity index (χ3v) is 4.05. The summed E-state index contributed by atoms with van der Waals surface area (Å²) in [6, 6.07) is 15.4. The highest BCUT2D eigenvalue weighted by atomic mass is 19.1. The fourth-order valence-corrected chi connectivity index (χ4v) is 2.78. The number of fused-ring (bicyclic) bond motifs is 1. The number of nitrogens with zero attached hydrogens (tertiary/aromatic N) is 3. The van der Waals surface area contributed by atoms with Gasteiger partial charge in [0.15, 0.2) is 0 Å². The van der Waals surface area contributed by atoms with E-state index in [-0.39, 0.29) is 11.7 Å². The van der Waals surface area contributed by atoms with Crippen molar-refractivity contribution >= 4 is 11.4 Å². The molecule has 0 aliphatic carbocycles. The molecule has 0 atom stereocenters. The summed E-state index contributed by atoms with van der Waals surface area (Å²) in [5.41, 5.74) is 3.18. The molecule has 0 saturated carbocycles. The van der Waals surface area contributed by atoms with E-state index in [1.807, 2.05) is 30.3 Å². The summed E-state index contributed by atoms with van der Waals surface area (Å²) in [6.45, 7) is 0.295. The van der Waals surface area contributed by atoms with Gasteiger partial charge < -0.3 is 5.32 Å². The minimum atomic E-state index is -0.305. The van der Waals surface area contributed by atoms with Crippen LogP contribution in [0.4, 0.5) is 4.39 Å². The van der Waals surface area contributed by atoms with Gasteiger partial charge in [-0.2, -0.15) is 0 Å². The van der Waals surface area contributed by atoms with E-state index in [0.717, 1.165) is 16.6 Å². The first kappa shape index (κ1) is 16.0. The fraction of sp³-hybridized carbons (Fsp3) is 0.0500. The minimum absolute atomic E-state index is 0.293. The van der Waals surface area contributed by atoms with Crippen LogP contribution >= 0.6 is 0 Å². The summed E-state index contributed by atoms with van der Waals surface area (Å²) in [5, 5.41) is 2.83. The van der Waals surface area contributed by atoms with Gasteiger partial charge in [-0.1, -0.05) is 18.2 Å². The molecule has 0 fully saturated rings. The lowest BCUT2D eigenvalue weighted by molar-refractivity contribution is 0.0940. The van der Waals surface area contributed by atoms with Crippen LogP contribution in [0.3, 0.4) is 0 Å². The summed E-state index contributed by atoms with van der Waals surface area (Å²) in [7, 11) is 0. The van der Waals surface area contributed by atoms with Crippen molar-refractivity contribution in [3.63, 3.8) is 0 Å². The van der Waals surface area contributed by atoms with Gasteiger partial charge in [0.1, 0.15) is 5.82 Å². The number of hydrogen-bond acceptors (Lipinski definition) is 3. The second-order valence-electron chi connectivity index (χ2n) is 5.79. The monoisotopic (exact) mass is 346 g/mol. The molecular formula is C20H15FN4O. The average molecular weight is 346 g/mol. The highest BCUT2D eigenvalue weighted by molar-refractivity contribution is 5.94. The van der Waals surface area contributed by atoms with Gasteiger partial charge >= 0.3 is 0 Å². The van der Waals surface area contributed by atoms with Crippen LogP contribution in [0, 0.1) is 5.82 Å². The Labute approximate surface area is 149 Å². The number of aromatic nitrogens is 3. The van der Waals surface area contributed by atoms with Gasteiger partial charge in [0.2, 0.25) is 5.82 Å². The Kier molecular flexibility index (Phi) is 4.15. The highest BCUT2D eigenvalue weighted by Crippen LogP contribution is 2.24. The first-order valence-electron chi connectivity index (χ1n) is 8.12. The van der Waals surface area contributed by atoms with Crippen molar-refractivity contribution in [2.45, 2.75) is 6.54 Å². The largest absolute Gasteiger partial charge is 0.345 e. The molecule has 4 rings (SSSR count). The van der Waals surface area contributed by atoms with Crippen LogP contribution in [0.5, 0.6) is 0 Å². The molecule has 26 heavy (non-hydrogen) atoms. The Balaban J connectivity index is 1.65. The van der Waals surface area contributed by atoms with Crippen molar-refractivity contribution in [3.05, 3.63) is 90.4 Å². The van der Waals surface area contributed by atoms with Gasteiger partial charge in [-0.25, -0.2) is 9.37 Å². The van der Waals surface area contributed by atoms with Crippen molar-refractivity contribution in [3.8, 4) is 11.3 Å². The maximum Gasteiger partial charge on any atom is 0.287 e. The number of hydrogen-bond donors (Lipinski definition) is 1. The number of amides is 1. The van der Waals surface area contributed by atoms with Crippen molar-refractivity contribution in [1.82, 2.24) is 19.7 Å². The standard InChI is InChI=1S/C20H15FN4O/c21-16-8-6-14(7-9-16)12-23-20(26)19-24-18(15-4-3-10-22-13-15)17-5-1-2-11-25(17)19/h1-11,13H,12H2,(H,23,26). The third-order valence-electron chi connectivity index (χ3n) is 4.05. The van der Waals surface area contributed by atoms with Gasteiger partial charge in [-0.3, -0.25) is 14.2 Å². The molecule has 1 aromatic carbocycles. The number of carbonyl (C=O) groups is 1. The SMILES string of the molecule is O=C(NCc1ccc(F)cc1)c1nc(-c2cccnc2)c2ccccn12. The van der Waals surface area contributed by atoms with Crippen LogP contribution in [0.15, 0.2) is 73.2 Å². The van der Waals surface area contributed by atoms with Gasteiger partial charge in [0.05, 0.1) is 11.2 Å². The van der Waals surface area contributed by atoms with E-state index in [1.54, 1.807) is 35.1 Å². The smallest absolute Gasteiger partial charge is 0.287 e. The van der Waals surface area contributed by atoms with E-state index < -0.39 is 0 Å². The summed E-state index contributed by atoms with van der Waals surface area (Å²) >= 11 is 0. The first-order valence-corrected chi connectivity index (χ1v) is 8.12. The molecule has 0 aliphatic heterocycles. The molecule has 1 amide bonds. The number of benzene rings is 1. The van der Waals surface area contributed by atoms with Crippen LogP contribution < -0.4 is 5.32 Å². The molecule has 0 spiro atoms. The second kappa shape index (κ2) is 6.76. The molecule has 5 nitrogen and oxygen atoms in total. The Morgan fingerprint density at radius 3 is 2.69 bits per heavy atom. The summed E-state index contributed by atoms with van der Waals surface area (Å²) in [6.07, 6.45) is 5.21. The van der Waals surface area contributed by atoms with E-state index in [4.69, 9.17) is 0 Å². The number of nitrogens with one attached hydrogen (secondary N) is 1. The van der Waals surface area contributed by atoms with Gasteiger partial charge in [0, 0.05) is 30.7 Å². The first-order chi connectivity index (χ1) is 12.7. The molecular weight excluding hydrogens is 331 g/mol. The molecule has 0 saturated heterocycles. The van der Waals surface area contributed by atoms with Crippen LogP contribution in [0.1, 0.15) is 16.2 Å². The summed E-state index contributed by atoms with van der Waals surface area (Å²) in [4.78, 5) is 21.3. The summed E-state index contributed by atoms with van der Waals surface area (Å²) in [5.74, 6) is -0.312. The van der Waals surface area contributed by atoms with Crippen LogP contribution in [0.2, 0.25) is 0 Å². The van der Waals surface area contributed by atoms with Crippen LogP contribution in [-0.2, 0) is 6.54 Å². The van der Waals surface area contributed by atoms with Gasteiger partial charge in [-0.15, -0.1) is 0 Å². The van der Waals surface area contributed by atoms with E-state index in [9.17, 15) is 9.18 Å². The molecule has 3 heterocycles. The zero-order valence-corrected chi connectivity index (χ0v) is 13.8. The Hall–Kier alpha value is -3.54. The molecule has 0 radical (unpaired) electrons. The quantitative estimate of drug-likeness (QED) is 0.616. The second-order valence-corrected chi connectivity index (χ2v) is 5.79. The fourth-order valence-electron chi connectivity index (χ4n) is 2.78. The predicted molar refractivity (Wildman–Crippen MR) is 96.0 cm³/mol. The van der Waals surface area contributed by atoms with E-state index in [2.05, 4.69) is 15.3 Å². The molecule has 6 heteroatoms.